The van der Waals surface area contributed by atoms with Crippen LogP contribution in [0.3, 0.4) is 0 Å². The Bertz CT molecular complexity index is 817. The van der Waals surface area contributed by atoms with Crippen molar-refractivity contribution in [1.82, 2.24) is 5.01 Å². The lowest BCUT2D eigenvalue weighted by molar-refractivity contribution is -0.900. The summed E-state index contributed by atoms with van der Waals surface area (Å²) in [5.74, 6) is 0.0599. The first-order valence-corrected chi connectivity index (χ1v) is 9.70. The zero-order valence-corrected chi connectivity index (χ0v) is 15.9. The first-order valence-electron chi connectivity index (χ1n) is 9.32. The molecule has 1 saturated heterocycles. The number of rotatable bonds is 4. The van der Waals surface area contributed by atoms with Gasteiger partial charge < -0.3 is 9.64 Å². The average molecular weight is 385 g/mol. The van der Waals surface area contributed by atoms with Crippen LogP contribution >= 0.6 is 11.6 Å². The molecule has 0 bridgehead atoms. The summed E-state index contributed by atoms with van der Waals surface area (Å²) in [5, 5.41) is 7.10. The highest BCUT2D eigenvalue weighted by atomic mass is 35.5. The number of carbonyl (C=O) groups is 1. The molecular formula is C21H23ClN3O2+. The molecule has 1 atom stereocenters. The third kappa shape index (κ3) is 4.21. The molecule has 6 heteroatoms. The fourth-order valence-corrected chi connectivity index (χ4v) is 3.75. The first-order chi connectivity index (χ1) is 13.2. The molecule has 140 valence electrons. The summed E-state index contributed by atoms with van der Waals surface area (Å²) in [6, 6.07) is 17.7. The molecule has 0 saturated carbocycles. The van der Waals surface area contributed by atoms with Crippen LogP contribution in [0.15, 0.2) is 59.7 Å². The lowest BCUT2D eigenvalue weighted by atomic mass is 9.98. The smallest absolute Gasteiger partial charge is 0.298 e. The van der Waals surface area contributed by atoms with E-state index < -0.39 is 0 Å². The fourth-order valence-electron chi connectivity index (χ4n) is 3.62. The summed E-state index contributed by atoms with van der Waals surface area (Å²) in [5.41, 5.74) is 3.04. The molecule has 2 aromatic rings. The van der Waals surface area contributed by atoms with Gasteiger partial charge >= 0.3 is 0 Å². The van der Waals surface area contributed by atoms with Crippen LogP contribution in [0.1, 0.15) is 23.6 Å². The van der Waals surface area contributed by atoms with Gasteiger partial charge in [0.1, 0.15) is 13.1 Å². The van der Waals surface area contributed by atoms with Crippen molar-refractivity contribution in [2.75, 3.05) is 32.8 Å². The Morgan fingerprint density at radius 2 is 1.81 bits per heavy atom. The lowest BCUT2D eigenvalue weighted by Crippen LogP contribution is -3.15. The van der Waals surface area contributed by atoms with Crippen molar-refractivity contribution in [1.29, 1.82) is 0 Å². The van der Waals surface area contributed by atoms with Crippen molar-refractivity contribution in [2.45, 2.75) is 12.5 Å². The van der Waals surface area contributed by atoms with Crippen LogP contribution in [-0.2, 0) is 9.53 Å². The Labute approximate surface area is 164 Å². The van der Waals surface area contributed by atoms with Crippen LogP contribution in [0.5, 0.6) is 0 Å². The second kappa shape index (κ2) is 8.21. The number of morpholine rings is 1. The molecule has 0 aromatic heterocycles. The maximum absolute atomic E-state index is 13.1. The monoisotopic (exact) mass is 384 g/mol. The normalized spacial score (nSPS) is 20.6. The highest BCUT2D eigenvalue weighted by molar-refractivity contribution is 6.30. The van der Waals surface area contributed by atoms with E-state index in [2.05, 4.69) is 12.1 Å². The predicted molar refractivity (Wildman–Crippen MR) is 105 cm³/mol. The van der Waals surface area contributed by atoms with Crippen LogP contribution < -0.4 is 4.90 Å². The van der Waals surface area contributed by atoms with Crippen LogP contribution in [0, 0.1) is 0 Å². The lowest BCUT2D eigenvalue weighted by Gasteiger charge is -2.27. The quantitative estimate of drug-likeness (QED) is 0.875. The van der Waals surface area contributed by atoms with Crippen molar-refractivity contribution < 1.29 is 14.4 Å². The van der Waals surface area contributed by atoms with Gasteiger partial charge in [-0.2, -0.15) is 5.10 Å². The van der Waals surface area contributed by atoms with Gasteiger partial charge in [-0.1, -0.05) is 54.1 Å². The molecule has 1 N–H and O–H groups in total. The van der Waals surface area contributed by atoms with E-state index in [1.54, 1.807) is 5.01 Å². The highest BCUT2D eigenvalue weighted by Gasteiger charge is 2.34. The van der Waals surface area contributed by atoms with Gasteiger partial charge in [-0.15, -0.1) is 0 Å². The molecule has 0 radical (unpaired) electrons. The molecule has 1 fully saturated rings. The van der Waals surface area contributed by atoms with Gasteiger partial charge in [0.25, 0.3) is 5.91 Å². The number of quaternary nitrogens is 1. The molecule has 2 aliphatic heterocycles. The molecule has 27 heavy (non-hydrogen) atoms. The zero-order valence-electron chi connectivity index (χ0n) is 15.1. The molecular weight excluding hydrogens is 362 g/mol. The van der Waals surface area contributed by atoms with Gasteiger partial charge in [-0.25, -0.2) is 5.01 Å². The number of hydrogen-bond acceptors (Lipinski definition) is 3. The topological polar surface area (TPSA) is 46.3 Å². The minimum absolute atomic E-state index is 0.0599. The van der Waals surface area contributed by atoms with Gasteiger partial charge in [-0.3, -0.25) is 4.79 Å². The summed E-state index contributed by atoms with van der Waals surface area (Å²) in [6.07, 6.45) is 0.704. The van der Waals surface area contributed by atoms with Crippen molar-refractivity contribution in [2.24, 2.45) is 5.10 Å². The van der Waals surface area contributed by atoms with Crippen molar-refractivity contribution in [3.05, 3.63) is 70.7 Å². The van der Waals surface area contributed by atoms with Gasteiger partial charge in [0, 0.05) is 11.4 Å². The Morgan fingerprint density at radius 3 is 2.52 bits per heavy atom. The van der Waals surface area contributed by atoms with Crippen LogP contribution in [0.2, 0.25) is 5.02 Å². The van der Waals surface area contributed by atoms with Crippen molar-refractivity contribution >= 4 is 23.2 Å². The van der Waals surface area contributed by atoms with Crippen molar-refractivity contribution in [3.8, 4) is 0 Å². The Kier molecular flexibility index (Phi) is 5.53. The van der Waals surface area contributed by atoms with E-state index >= 15 is 0 Å². The van der Waals surface area contributed by atoms with E-state index in [4.69, 9.17) is 21.4 Å². The summed E-state index contributed by atoms with van der Waals surface area (Å²) in [7, 11) is 0. The predicted octanol–water partition coefficient (Wildman–Crippen LogP) is 1.93. The zero-order chi connectivity index (χ0) is 18.6. The largest absolute Gasteiger partial charge is 0.370 e. The Morgan fingerprint density at radius 1 is 1.11 bits per heavy atom. The van der Waals surface area contributed by atoms with E-state index in [9.17, 15) is 4.79 Å². The highest BCUT2D eigenvalue weighted by Crippen LogP contribution is 2.32. The molecule has 5 nitrogen and oxygen atoms in total. The summed E-state index contributed by atoms with van der Waals surface area (Å²) < 4.78 is 5.40. The molecule has 0 aliphatic carbocycles. The number of hydrogen-bond donors (Lipinski definition) is 1. The first kappa shape index (κ1) is 18.2. The SMILES string of the molecule is O=C(C[NH+]1CCOCC1)N1N=C(c2ccc(Cl)cc2)C[C@H]1c1ccccc1. The number of ether oxygens (including phenoxy) is 1. The van der Waals surface area contributed by atoms with Gasteiger partial charge in [0.15, 0.2) is 6.54 Å². The maximum Gasteiger partial charge on any atom is 0.298 e. The molecule has 4 rings (SSSR count). The number of nitrogens with zero attached hydrogens (tertiary/aromatic N) is 2. The number of hydrazone groups is 1. The third-order valence-electron chi connectivity index (χ3n) is 5.13. The molecule has 1 amide bonds. The standard InChI is InChI=1S/C21H22ClN3O2/c22-18-8-6-16(7-9-18)19-14-20(17-4-2-1-3-5-17)25(23-19)21(26)15-24-10-12-27-13-11-24/h1-9,20H,10-15H2/p+1/t20-/m0/s1. The van der Waals surface area contributed by atoms with Crippen LogP contribution in [-0.4, -0.2) is 49.5 Å². The van der Waals surface area contributed by atoms with Gasteiger partial charge in [-0.05, 0) is 23.3 Å². The third-order valence-corrected chi connectivity index (χ3v) is 5.38. The summed E-state index contributed by atoms with van der Waals surface area (Å²) in [6.45, 7) is 3.60. The van der Waals surface area contributed by atoms with Crippen LogP contribution in [0.4, 0.5) is 0 Å². The van der Waals surface area contributed by atoms with E-state index in [0.29, 0.717) is 31.2 Å². The molecule has 0 spiro atoms. The number of carbonyl (C=O) groups excluding carboxylic acids is 1. The number of halogens is 1. The summed E-state index contributed by atoms with van der Waals surface area (Å²) in [4.78, 5) is 14.3. The number of amides is 1. The van der Waals surface area contributed by atoms with E-state index in [-0.39, 0.29) is 11.9 Å². The molecule has 2 aliphatic rings. The minimum atomic E-state index is -0.0650. The fraction of sp³-hybridized carbons (Fsp3) is 0.333. The van der Waals surface area contributed by atoms with Gasteiger partial charge in [0.2, 0.25) is 0 Å². The van der Waals surface area contributed by atoms with Crippen LogP contribution in [0.25, 0.3) is 0 Å². The minimum Gasteiger partial charge on any atom is -0.370 e. The second-order valence-corrected chi connectivity index (χ2v) is 7.40. The van der Waals surface area contributed by atoms with Crippen molar-refractivity contribution in [3.63, 3.8) is 0 Å². The molecule has 0 unspecified atom stereocenters. The van der Waals surface area contributed by atoms with E-state index in [1.165, 1.54) is 4.90 Å². The number of benzene rings is 2. The average Bonchev–Trinajstić information content (AvgIpc) is 3.16. The van der Waals surface area contributed by atoms with E-state index in [1.807, 2.05) is 42.5 Å². The number of nitrogens with one attached hydrogen (secondary N) is 1. The Balaban J connectivity index is 1.58. The molecule has 2 heterocycles. The second-order valence-electron chi connectivity index (χ2n) is 6.96. The maximum atomic E-state index is 13.1. The summed E-state index contributed by atoms with van der Waals surface area (Å²) >= 11 is 6.01. The van der Waals surface area contributed by atoms with E-state index in [0.717, 1.165) is 29.9 Å². The van der Waals surface area contributed by atoms with Gasteiger partial charge in [0.05, 0.1) is 25.0 Å². The Hall–Kier alpha value is -2.21. The molecule has 2 aromatic carbocycles.